The molecule has 13 heavy (non-hydrogen) atoms. The van der Waals surface area contributed by atoms with Crippen LogP contribution in [0.5, 0.6) is 0 Å². The summed E-state index contributed by atoms with van der Waals surface area (Å²) in [5.41, 5.74) is 0.509. The van der Waals surface area contributed by atoms with Crippen molar-refractivity contribution in [3.63, 3.8) is 0 Å². The first kappa shape index (κ1) is 9.04. The molecule has 1 N–H and O–H groups in total. The molecule has 3 atom stereocenters. The molecule has 74 valence electrons. The van der Waals surface area contributed by atoms with Crippen LogP contribution < -0.4 is 0 Å². The topological polar surface area (TPSA) is 37.3 Å². The van der Waals surface area contributed by atoms with Gasteiger partial charge in [0, 0.05) is 6.42 Å². The molecular formula is C11H18O2. The summed E-state index contributed by atoms with van der Waals surface area (Å²) in [6.45, 7) is 4.67. The fourth-order valence-electron chi connectivity index (χ4n) is 3.24. The second kappa shape index (κ2) is 2.73. The van der Waals surface area contributed by atoms with E-state index in [9.17, 15) is 4.79 Å². The number of aliphatic carboxylic acids is 1. The van der Waals surface area contributed by atoms with Crippen LogP contribution in [0.2, 0.25) is 0 Å². The highest BCUT2D eigenvalue weighted by Gasteiger charge is 2.52. The second-order valence-corrected chi connectivity index (χ2v) is 5.39. The van der Waals surface area contributed by atoms with Crippen molar-refractivity contribution in [1.29, 1.82) is 0 Å². The average molecular weight is 182 g/mol. The summed E-state index contributed by atoms with van der Waals surface area (Å²) in [4.78, 5) is 10.6. The van der Waals surface area contributed by atoms with Crippen LogP contribution in [0.25, 0.3) is 0 Å². The lowest BCUT2D eigenvalue weighted by Gasteiger charge is -2.58. The summed E-state index contributed by atoms with van der Waals surface area (Å²) in [7, 11) is 0. The highest BCUT2D eigenvalue weighted by Crippen LogP contribution is 2.61. The lowest BCUT2D eigenvalue weighted by atomic mass is 9.46. The zero-order valence-corrected chi connectivity index (χ0v) is 8.42. The molecule has 2 nitrogen and oxygen atoms in total. The van der Waals surface area contributed by atoms with Gasteiger partial charge < -0.3 is 5.11 Å². The summed E-state index contributed by atoms with van der Waals surface area (Å²) < 4.78 is 0. The Morgan fingerprint density at radius 1 is 1.31 bits per heavy atom. The van der Waals surface area contributed by atoms with Gasteiger partial charge in [0.25, 0.3) is 0 Å². The molecule has 2 bridgehead atoms. The van der Waals surface area contributed by atoms with Crippen molar-refractivity contribution < 1.29 is 9.90 Å². The number of hydrogen-bond acceptors (Lipinski definition) is 1. The van der Waals surface area contributed by atoms with E-state index in [4.69, 9.17) is 5.11 Å². The van der Waals surface area contributed by atoms with Gasteiger partial charge in [-0.25, -0.2) is 0 Å². The molecule has 0 aromatic carbocycles. The van der Waals surface area contributed by atoms with E-state index in [1.165, 1.54) is 6.42 Å². The summed E-state index contributed by atoms with van der Waals surface area (Å²) in [5.74, 6) is 1.45. The largest absolute Gasteiger partial charge is 0.481 e. The van der Waals surface area contributed by atoms with Crippen molar-refractivity contribution in [2.45, 2.75) is 39.5 Å². The number of carbonyl (C=O) groups is 1. The molecule has 3 rings (SSSR count). The van der Waals surface area contributed by atoms with Gasteiger partial charge in [0.1, 0.15) is 0 Å². The second-order valence-electron chi connectivity index (χ2n) is 5.39. The highest BCUT2D eigenvalue weighted by atomic mass is 16.4. The zero-order valence-electron chi connectivity index (χ0n) is 8.42. The van der Waals surface area contributed by atoms with Crippen molar-refractivity contribution in [1.82, 2.24) is 0 Å². The minimum atomic E-state index is -0.621. The van der Waals surface area contributed by atoms with E-state index in [0.717, 1.165) is 24.7 Å². The van der Waals surface area contributed by atoms with Gasteiger partial charge in [-0.3, -0.25) is 4.79 Å². The Balaban J connectivity index is 1.93. The normalized spacial score (nSPS) is 40.9. The van der Waals surface area contributed by atoms with Gasteiger partial charge in [-0.15, -0.1) is 0 Å². The average Bonchev–Trinajstić information content (AvgIpc) is 2.03. The van der Waals surface area contributed by atoms with Crippen molar-refractivity contribution in [3.05, 3.63) is 0 Å². The van der Waals surface area contributed by atoms with E-state index >= 15 is 0 Å². The van der Waals surface area contributed by atoms with Crippen LogP contribution in [0.4, 0.5) is 0 Å². The summed E-state index contributed by atoms with van der Waals surface area (Å²) >= 11 is 0. The molecule has 0 unspecified atom stereocenters. The Bertz CT molecular complexity index is 218. The van der Waals surface area contributed by atoms with E-state index in [2.05, 4.69) is 13.8 Å². The number of carboxylic acid groups (broad SMARTS) is 1. The van der Waals surface area contributed by atoms with E-state index < -0.39 is 5.97 Å². The molecular weight excluding hydrogens is 164 g/mol. The maximum Gasteiger partial charge on any atom is 0.303 e. The third-order valence-electron chi connectivity index (χ3n) is 4.37. The molecule has 3 aliphatic carbocycles. The maximum atomic E-state index is 10.6. The van der Waals surface area contributed by atoms with Crippen molar-refractivity contribution >= 4 is 5.97 Å². The fourth-order valence-corrected chi connectivity index (χ4v) is 3.24. The number of carboxylic acids is 1. The molecule has 3 saturated carbocycles. The van der Waals surface area contributed by atoms with Crippen LogP contribution in [0, 0.1) is 23.2 Å². The van der Waals surface area contributed by atoms with E-state index in [-0.39, 0.29) is 0 Å². The van der Waals surface area contributed by atoms with Gasteiger partial charge in [-0.2, -0.15) is 0 Å². The maximum absolute atomic E-state index is 10.6. The quantitative estimate of drug-likeness (QED) is 0.712. The molecule has 0 heterocycles. The minimum absolute atomic E-state index is 0.392. The molecule has 0 amide bonds. The van der Waals surface area contributed by atoms with Crippen LogP contribution in [-0.2, 0) is 4.79 Å². The van der Waals surface area contributed by atoms with Gasteiger partial charge in [0.2, 0.25) is 0 Å². The Labute approximate surface area is 79.3 Å². The van der Waals surface area contributed by atoms with Crippen molar-refractivity contribution in [2.75, 3.05) is 0 Å². The van der Waals surface area contributed by atoms with Gasteiger partial charge >= 0.3 is 5.97 Å². The fraction of sp³-hybridized carbons (Fsp3) is 0.909. The molecule has 3 fully saturated rings. The SMILES string of the molecule is CC1(C)[C@@H]2C[C@H](CC(=O)O)C[C@H]1C2. The first-order valence-corrected chi connectivity index (χ1v) is 5.22. The predicted octanol–water partition coefficient (Wildman–Crippen LogP) is 2.53. The van der Waals surface area contributed by atoms with Gasteiger partial charge in [-0.05, 0) is 42.4 Å². The molecule has 0 aliphatic heterocycles. The Hall–Kier alpha value is -0.530. The van der Waals surface area contributed by atoms with Crippen LogP contribution >= 0.6 is 0 Å². The molecule has 3 aliphatic rings. The molecule has 0 aromatic heterocycles. The number of hydrogen-bond donors (Lipinski definition) is 1. The Morgan fingerprint density at radius 2 is 1.85 bits per heavy atom. The monoisotopic (exact) mass is 182 g/mol. The molecule has 0 spiro atoms. The third-order valence-corrected chi connectivity index (χ3v) is 4.37. The summed E-state index contributed by atoms with van der Waals surface area (Å²) in [6.07, 6.45) is 4.04. The summed E-state index contributed by atoms with van der Waals surface area (Å²) in [5, 5.41) is 8.70. The first-order valence-electron chi connectivity index (χ1n) is 5.22. The number of fused-ring (bicyclic) bond motifs is 2. The standard InChI is InChI=1S/C11H18O2/c1-11(2)8-3-7(5-10(12)13)4-9(11)6-8/h7-9H,3-6H2,1-2H3,(H,12,13)/t7-,8+,9-. The van der Waals surface area contributed by atoms with Crippen LogP contribution in [0.3, 0.4) is 0 Å². The first-order chi connectivity index (χ1) is 6.00. The number of rotatable bonds is 2. The van der Waals surface area contributed by atoms with E-state index in [1.807, 2.05) is 0 Å². The van der Waals surface area contributed by atoms with Gasteiger partial charge in [0.15, 0.2) is 0 Å². The lowest BCUT2D eigenvalue weighted by molar-refractivity contribution is -0.142. The Morgan fingerprint density at radius 3 is 2.23 bits per heavy atom. The molecule has 0 saturated heterocycles. The minimum Gasteiger partial charge on any atom is -0.481 e. The van der Waals surface area contributed by atoms with Crippen LogP contribution in [0.1, 0.15) is 39.5 Å². The predicted molar refractivity (Wildman–Crippen MR) is 50.4 cm³/mol. The molecule has 2 heteroatoms. The molecule has 0 aromatic rings. The molecule has 0 radical (unpaired) electrons. The third kappa shape index (κ3) is 1.36. The van der Waals surface area contributed by atoms with E-state index in [0.29, 0.717) is 17.8 Å². The van der Waals surface area contributed by atoms with Crippen LogP contribution in [-0.4, -0.2) is 11.1 Å². The smallest absolute Gasteiger partial charge is 0.303 e. The lowest BCUT2D eigenvalue weighted by Crippen LogP contribution is -2.50. The van der Waals surface area contributed by atoms with Gasteiger partial charge in [-0.1, -0.05) is 13.8 Å². The Kier molecular flexibility index (Phi) is 1.90. The van der Waals surface area contributed by atoms with E-state index in [1.54, 1.807) is 0 Å². The van der Waals surface area contributed by atoms with Crippen LogP contribution in [0.15, 0.2) is 0 Å². The van der Waals surface area contributed by atoms with Gasteiger partial charge in [0.05, 0.1) is 0 Å². The van der Waals surface area contributed by atoms with Crippen molar-refractivity contribution in [3.8, 4) is 0 Å². The zero-order chi connectivity index (χ0) is 9.64. The highest BCUT2D eigenvalue weighted by molar-refractivity contribution is 5.67. The van der Waals surface area contributed by atoms with Crippen molar-refractivity contribution in [2.24, 2.45) is 23.2 Å². The summed E-state index contributed by atoms with van der Waals surface area (Å²) in [6, 6.07) is 0.